The lowest BCUT2D eigenvalue weighted by Gasteiger charge is -2.41. The minimum absolute atomic E-state index is 0.0890. The molecule has 3 fully saturated rings. The Morgan fingerprint density at radius 3 is 2.38 bits per heavy atom. The van der Waals surface area contributed by atoms with E-state index in [1.165, 1.54) is 50.5 Å². The van der Waals surface area contributed by atoms with Crippen LogP contribution in [0.15, 0.2) is 24.3 Å². The molecule has 2 heterocycles. The largest absolute Gasteiger partial charge is 0.395 e. The number of carbonyl (C=O) groups is 2. The highest BCUT2D eigenvalue weighted by atomic mass is 16.3. The van der Waals surface area contributed by atoms with E-state index >= 15 is 0 Å². The number of fused-ring (bicyclic) bond motifs is 2. The first-order valence-corrected chi connectivity index (χ1v) is 13.3. The van der Waals surface area contributed by atoms with Gasteiger partial charge in [-0.05, 0) is 81.9 Å². The van der Waals surface area contributed by atoms with Gasteiger partial charge in [-0.2, -0.15) is 0 Å². The van der Waals surface area contributed by atoms with Gasteiger partial charge in [0.2, 0.25) is 11.8 Å². The second-order valence-electron chi connectivity index (χ2n) is 11.6. The average Bonchev–Trinajstić information content (AvgIpc) is 3.08. The molecule has 2 saturated heterocycles. The number of nitrogens with zero attached hydrogens (tertiary/aromatic N) is 2. The number of aliphatic hydroxyl groups is 1. The maximum atomic E-state index is 13.4. The molecule has 2 amide bonds. The third kappa shape index (κ3) is 5.65. The SMILES string of the molecule is CC(C)(CO)C(=O)N(CCN1[C@@H]2CC[C@H]1CC(c1cccc(C(N)=O)c1)C2)CC1CCCCC1. The summed E-state index contributed by atoms with van der Waals surface area (Å²) < 4.78 is 0. The van der Waals surface area contributed by atoms with E-state index in [0.29, 0.717) is 29.5 Å². The van der Waals surface area contributed by atoms with Crippen LogP contribution in [-0.2, 0) is 4.79 Å². The number of piperidine rings is 1. The molecule has 4 rings (SSSR count). The Labute approximate surface area is 204 Å². The smallest absolute Gasteiger partial charge is 0.248 e. The van der Waals surface area contributed by atoms with Gasteiger partial charge in [-0.25, -0.2) is 0 Å². The van der Waals surface area contributed by atoms with Gasteiger partial charge in [0.05, 0.1) is 12.0 Å². The molecule has 6 heteroatoms. The number of hydrogen-bond donors (Lipinski definition) is 2. The van der Waals surface area contributed by atoms with E-state index in [0.717, 1.165) is 32.5 Å². The van der Waals surface area contributed by atoms with Gasteiger partial charge in [0.1, 0.15) is 0 Å². The summed E-state index contributed by atoms with van der Waals surface area (Å²) in [5, 5.41) is 9.83. The fraction of sp³-hybridized carbons (Fsp3) is 0.714. The van der Waals surface area contributed by atoms with Crippen LogP contribution in [-0.4, -0.2) is 65.0 Å². The van der Waals surface area contributed by atoms with Crippen molar-refractivity contribution in [1.29, 1.82) is 0 Å². The second kappa shape index (κ2) is 10.8. The lowest BCUT2D eigenvalue weighted by atomic mass is 9.84. The van der Waals surface area contributed by atoms with Crippen LogP contribution < -0.4 is 5.73 Å². The zero-order chi connectivity index (χ0) is 24.3. The molecule has 3 aliphatic rings. The van der Waals surface area contributed by atoms with E-state index in [1.54, 1.807) is 6.07 Å². The van der Waals surface area contributed by atoms with E-state index in [1.807, 2.05) is 26.0 Å². The molecular weight excluding hydrogens is 426 g/mol. The number of benzene rings is 1. The third-order valence-corrected chi connectivity index (χ3v) is 8.62. The standard InChI is InChI=1S/C28H43N3O3/c1-28(2,19-32)27(34)30(18-20-7-4-3-5-8-20)13-14-31-24-11-12-25(31)17-23(16-24)21-9-6-10-22(15-21)26(29)33/h6,9-10,15,20,23-25,32H,3-5,7-8,11-14,16-19H2,1-2H3,(H2,29,33)/t23?,24-,25+. The molecule has 34 heavy (non-hydrogen) atoms. The van der Waals surface area contributed by atoms with Gasteiger partial charge in [-0.3, -0.25) is 14.5 Å². The van der Waals surface area contributed by atoms with Crippen molar-refractivity contribution in [1.82, 2.24) is 9.80 Å². The van der Waals surface area contributed by atoms with Gasteiger partial charge in [-0.1, -0.05) is 31.4 Å². The lowest BCUT2D eigenvalue weighted by Crippen LogP contribution is -2.50. The molecule has 1 aliphatic carbocycles. The summed E-state index contributed by atoms with van der Waals surface area (Å²) in [6.45, 7) is 6.08. The van der Waals surface area contributed by atoms with E-state index in [-0.39, 0.29) is 18.4 Å². The average molecular weight is 470 g/mol. The highest BCUT2D eigenvalue weighted by molar-refractivity contribution is 5.92. The molecule has 2 bridgehead atoms. The lowest BCUT2D eigenvalue weighted by molar-refractivity contribution is -0.143. The molecule has 1 saturated carbocycles. The summed E-state index contributed by atoms with van der Waals surface area (Å²) in [7, 11) is 0. The van der Waals surface area contributed by atoms with Crippen LogP contribution in [0.5, 0.6) is 0 Å². The molecule has 0 spiro atoms. The van der Waals surface area contributed by atoms with Gasteiger partial charge >= 0.3 is 0 Å². The minimum atomic E-state index is -0.730. The minimum Gasteiger partial charge on any atom is -0.395 e. The monoisotopic (exact) mass is 469 g/mol. The van der Waals surface area contributed by atoms with Crippen molar-refractivity contribution in [2.75, 3.05) is 26.2 Å². The third-order valence-electron chi connectivity index (χ3n) is 8.62. The number of hydrogen-bond acceptors (Lipinski definition) is 4. The van der Waals surface area contributed by atoms with Crippen molar-refractivity contribution in [3.63, 3.8) is 0 Å². The summed E-state index contributed by atoms with van der Waals surface area (Å²) >= 11 is 0. The Morgan fingerprint density at radius 2 is 1.76 bits per heavy atom. The van der Waals surface area contributed by atoms with Crippen molar-refractivity contribution < 1.29 is 14.7 Å². The highest BCUT2D eigenvalue weighted by Crippen LogP contribution is 2.43. The van der Waals surface area contributed by atoms with Crippen LogP contribution in [0.1, 0.15) is 93.5 Å². The predicted octanol–water partition coefficient (Wildman–Crippen LogP) is 3.92. The van der Waals surface area contributed by atoms with Crippen molar-refractivity contribution >= 4 is 11.8 Å². The summed E-state index contributed by atoms with van der Waals surface area (Å²) in [4.78, 5) is 29.7. The van der Waals surface area contributed by atoms with Crippen LogP contribution in [0, 0.1) is 11.3 Å². The van der Waals surface area contributed by atoms with Gasteiger partial charge in [-0.15, -0.1) is 0 Å². The Kier molecular flexibility index (Phi) is 7.98. The first kappa shape index (κ1) is 25.2. The molecule has 2 aliphatic heterocycles. The molecule has 1 aromatic carbocycles. The van der Waals surface area contributed by atoms with Crippen LogP contribution in [0.3, 0.4) is 0 Å². The highest BCUT2D eigenvalue weighted by Gasteiger charge is 2.41. The molecule has 1 unspecified atom stereocenters. The molecule has 3 N–H and O–H groups in total. The van der Waals surface area contributed by atoms with Crippen LogP contribution in [0.25, 0.3) is 0 Å². The number of carbonyl (C=O) groups excluding carboxylic acids is 2. The number of aliphatic hydroxyl groups excluding tert-OH is 1. The van der Waals surface area contributed by atoms with Crippen LogP contribution >= 0.6 is 0 Å². The summed E-state index contributed by atoms with van der Waals surface area (Å²) in [5.74, 6) is 0.774. The fourth-order valence-corrected chi connectivity index (χ4v) is 6.55. The van der Waals surface area contributed by atoms with E-state index in [9.17, 15) is 14.7 Å². The number of rotatable bonds is 9. The van der Waals surface area contributed by atoms with Crippen LogP contribution in [0.2, 0.25) is 0 Å². The van der Waals surface area contributed by atoms with E-state index in [2.05, 4.69) is 15.9 Å². The van der Waals surface area contributed by atoms with Crippen molar-refractivity contribution in [3.05, 3.63) is 35.4 Å². The zero-order valence-electron chi connectivity index (χ0n) is 21.0. The van der Waals surface area contributed by atoms with E-state index < -0.39 is 5.41 Å². The van der Waals surface area contributed by atoms with Gasteiger partial charge in [0, 0.05) is 37.3 Å². The normalized spacial score (nSPS) is 25.9. The van der Waals surface area contributed by atoms with Crippen molar-refractivity contribution in [2.24, 2.45) is 17.1 Å². The maximum Gasteiger partial charge on any atom is 0.248 e. The second-order valence-corrected chi connectivity index (χ2v) is 11.6. The quantitative estimate of drug-likeness (QED) is 0.574. The molecular formula is C28H43N3O3. The molecule has 188 valence electrons. The summed E-state index contributed by atoms with van der Waals surface area (Å²) in [6, 6.07) is 8.90. The number of amides is 2. The van der Waals surface area contributed by atoms with Gasteiger partial charge in [0.15, 0.2) is 0 Å². The van der Waals surface area contributed by atoms with Gasteiger partial charge < -0.3 is 15.7 Å². The summed E-state index contributed by atoms with van der Waals surface area (Å²) in [5.41, 5.74) is 6.60. The Balaban J connectivity index is 1.40. The maximum absolute atomic E-state index is 13.4. The molecule has 1 aromatic rings. The fourth-order valence-electron chi connectivity index (χ4n) is 6.55. The first-order chi connectivity index (χ1) is 16.3. The molecule has 3 atom stereocenters. The van der Waals surface area contributed by atoms with Crippen LogP contribution in [0.4, 0.5) is 0 Å². The topological polar surface area (TPSA) is 86.9 Å². The van der Waals surface area contributed by atoms with Crippen molar-refractivity contribution in [3.8, 4) is 0 Å². The molecule has 0 radical (unpaired) electrons. The van der Waals surface area contributed by atoms with E-state index in [4.69, 9.17) is 5.73 Å². The zero-order valence-corrected chi connectivity index (χ0v) is 21.0. The predicted molar refractivity (Wildman–Crippen MR) is 134 cm³/mol. The first-order valence-electron chi connectivity index (χ1n) is 13.3. The summed E-state index contributed by atoms with van der Waals surface area (Å²) in [6.07, 6.45) is 10.9. The number of primary amides is 1. The van der Waals surface area contributed by atoms with Crippen molar-refractivity contribution in [2.45, 2.75) is 89.6 Å². The van der Waals surface area contributed by atoms with Gasteiger partial charge in [0.25, 0.3) is 0 Å². The Hall–Kier alpha value is -1.92. The number of nitrogens with two attached hydrogens (primary N) is 1. The Morgan fingerprint density at radius 1 is 1.09 bits per heavy atom. The Bertz CT molecular complexity index is 850. The molecule has 6 nitrogen and oxygen atoms in total. The molecule has 0 aromatic heterocycles.